The molecular weight excluding hydrogens is 318 g/mol. The summed E-state index contributed by atoms with van der Waals surface area (Å²) in [6.45, 7) is 5.18. The van der Waals surface area contributed by atoms with Gasteiger partial charge in [-0.3, -0.25) is 0 Å². The van der Waals surface area contributed by atoms with Crippen LogP contribution in [0.2, 0.25) is 0 Å². The van der Waals surface area contributed by atoms with Gasteiger partial charge in [-0.25, -0.2) is 9.35 Å². The standard InChI is InChI=1S/C12H21NO4S3/c1-4-11(17-8-16-6-5-15-3)10-7-12(19-9(10)2)20(13,14)18/h7,11H,4-6,8H2,1-3H3,(H2,13,14,18). The average molecular weight is 340 g/mol. The number of aryl methyl sites for hydroxylation is 1. The van der Waals surface area contributed by atoms with Crippen LogP contribution < -0.4 is 5.14 Å². The van der Waals surface area contributed by atoms with Crippen molar-refractivity contribution in [2.45, 2.75) is 30.6 Å². The number of hydrogen-bond acceptors (Lipinski definition) is 6. The fraction of sp³-hybridized carbons (Fsp3) is 0.667. The lowest BCUT2D eigenvalue weighted by molar-refractivity contribution is -0.0998. The molecule has 20 heavy (non-hydrogen) atoms. The minimum Gasteiger partial charge on any atom is -0.382 e. The zero-order valence-electron chi connectivity index (χ0n) is 11.9. The first-order chi connectivity index (χ1) is 9.40. The van der Waals surface area contributed by atoms with Crippen molar-refractivity contribution in [2.75, 3.05) is 27.1 Å². The van der Waals surface area contributed by atoms with Crippen molar-refractivity contribution < 1.29 is 18.4 Å². The van der Waals surface area contributed by atoms with Crippen molar-refractivity contribution in [1.82, 2.24) is 0 Å². The highest BCUT2D eigenvalue weighted by Crippen LogP contribution is 2.32. The smallest absolute Gasteiger partial charge is 0.147 e. The summed E-state index contributed by atoms with van der Waals surface area (Å²) in [4.78, 5) is 1.02. The van der Waals surface area contributed by atoms with E-state index < -0.39 is 8.68 Å². The van der Waals surface area contributed by atoms with E-state index in [0.717, 1.165) is 16.9 Å². The minimum absolute atomic E-state index is 0.112. The van der Waals surface area contributed by atoms with Gasteiger partial charge in [0.25, 0.3) is 0 Å². The normalized spacial score (nSPS) is 16.0. The summed E-state index contributed by atoms with van der Waals surface area (Å²) in [5, 5.41) is 5.51. The third-order valence-corrected chi connectivity index (χ3v) is 6.10. The van der Waals surface area contributed by atoms with Crippen molar-refractivity contribution in [2.24, 2.45) is 5.14 Å². The van der Waals surface area contributed by atoms with Gasteiger partial charge in [-0.2, -0.15) is 0 Å². The van der Waals surface area contributed by atoms with E-state index in [1.165, 1.54) is 11.3 Å². The first-order valence-corrected chi connectivity index (χ1v) is 9.57. The van der Waals surface area contributed by atoms with E-state index in [2.05, 4.69) is 0 Å². The van der Waals surface area contributed by atoms with Crippen LogP contribution in [-0.2, 0) is 34.1 Å². The molecule has 1 aromatic heterocycles. The Hall–Kier alpha value is -0.0900. The first kappa shape index (κ1) is 18.0. The molecule has 0 aliphatic heterocycles. The molecule has 0 fully saturated rings. The lowest BCUT2D eigenvalue weighted by Gasteiger charge is -2.16. The zero-order chi connectivity index (χ0) is 15.2. The van der Waals surface area contributed by atoms with Crippen molar-refractivity contribution in [3.8, 4) is 0 Å². The Morgan fingerprint density at radius 2 is 2.20 bits per heavy atom. The van der Waals surface area contributed by atoms with Gasteiger partial charge in [0.1, 0.15) is 19.7 Å². The van der Waals surface area contributed by atoms with Crippen LogP contribution in [0.4, 0.5) is 0 Å². The van der Waals surface area contributed by atoms with E-state index in [1.807, 2.05) is 13.8 Å². The lowest BCUT2D eigenvalue weighted by Crippen LogP contribution is -2.10. The minimum atomic E-state index is -2.83. The van der Waals surface area contributed by atoms with Crippen LogP contribution in [0.1, 0.15) is 29.9 Å². The Kier molecular flexibility index (Phi) is 7.52. The maximum Gasteiger partial charge on any atom is 0.147 e. The Balaban J connectivity index is 2.68. The molecule has 1 aromatic rings. The average Bonchev–Trinajstić information content (AvgIpc) is 2.76. The monoisotopic (exact) mass is 339 g/mol. The predicted molar refractivity (Wildman–Crippen MR) is 83.8 cm³/mol. The fourth-order valence-electron chi connectivity index (χ4n) is 1.69. The van der Waals surface area contributed by atoms with Gasteiger partial charge in [-0.15, -0.1) is 11.3 Å². The molecule has 2 atom stereocenters. The van der Waals surface area contributed by atoms with Crippen LogP contribution in [0.25, 0.3) is 0 Å². The van der Waals surface area contributed by atoms with Crippen molar-refractivity contribution in [1.29, 1.82) is 0 Å². The number of ether oxygens (including phenoxy) is 3. The van der Waals surface area contributed by atoms with Crippen LogP contribution in [-0.4, -0.2) is 31.3 Å². The second-order valence-electron chi connectivity index (χ2n) is 4.20. The molecule has 0 spiro atoms. The number of rotatable bonds is 9. The van der Waals surface area contributed by atoms with Gasteiger partial charge in [0.2, 0.25) is 0 Å². The quantitative estimate of drug-likeness (QED) is 0.551. The Morgan fingerprint density at radius 1 is 1.50 bits per heavy atom. The maximum atomic E-state index is 11.7. The summed E-state index contributed by atoms with van der Waals surface area (Å²) >= 11 is 6.19. The summed E-state index contributed by atoms with van der Waals surface area (Å²) in [7, 11) is -1.21. The maximum absolute atomic E-state index is 11.7. The molecule has 116 valence electrons. The SMILES string of the molecule is CCC(OCOCCOC)c1cc(S(N)(=O)=S)sc1C. The van der Waals surface area contributed by atoms with Gasteiger partial charge in [0.15, 0.2) is 0 Å². The number of thiophene rings is 1. The molecule has 2 N–H and O–H groups in total. The second kappa shape index (κ2) is 8.38. The molecule has 1 rings (SSSR count). The summed E-state index contributed by atoms with van der Waals surface area (Å²) in [6.07, 6.45) is 0.674. The third-order valence-electron chi connectivity index (χ3n) is 2.72. The number of nitrogens with two attached hydrogens (primary N) is 1. The topological polar surface area (TPSA) is 70.8 Å². The molecule has 0 amide bonds. The van der Waals surface area contributed by atoms with Gasteiger partial charge >= 0.3 is 0 Å². The molecule has 0 aliphatic carbocycles. The molecule has 8 heteroatoms. The zero-order valence-corrected chi connectivity index (χ0v) is 14.4. The van der Waals surface area contributed by atoms with Gasteiger partial charge in [0.05, 0.1) is 19.3 Å². The predicted octanol–water partition coefficient (Wildman–Crippen LogP) is 2.12. The summed E-state index contributed by atoms with van der Waals surface area (Å²) in [5.74, 6) is 0. The highest BCUT2D eigenvalue weighted by atomic mass is 32.8. The van der Waals surface area contributed by atoms with Crippen LogP contribution in [0.3, 0.4) is 0 Å². The van der Waals surface area contributed by atoms with Crippen molar-refractivity contribution in [3.05, 3.63) is 16.5 Å². The van der Waals surface area contributed by atoms with Crippen molar-refractivity contribution in [3.63, 3.8) is 0 Å². The van der Waals surface area contributed by atoms with E-state index in [-0.39, 0.29) is 12.9 Å². The fourth-order valence-corrected chi connectivity index (χ4v) is 4.06. The molecule has 0 aliphatic rings. The van der Waals surface area contributed by atoms with E-state index in [4.69, 9.17) is 30.5 Å². The van der Waals surface area contributed by atoms with Gasteiger partial charge < -0.3 is 14.2 Å². The second-order valence-corrected chi connectivity index (χ2v) is 8.73. The van der Waals surface area contributed by atoms with Crippen LogP contribution in [0, 0.1) is 6.92 Å². The molecule has 5 nitrogen and oxygen atoms in total. The first-order valence-electron chi connectivity index (χ1n) is 6.21. The molecule has 0 saturated heterocycles. The molecule has 0 aromatic carbocycles. The van der Waals surface area contributed by atoms with E-state index in [9.17, 15) is 4.21 Å². The van der Waals surface area contributed by atoms with E-state index in [1.54, 1.807) is 13.2 Å². The number of hydrogen-bond donors (Lipinski definition) is 1. The van der Waals surface area contributed by atoms with E-state index >= 15 is 0 Å². The molecular formula is C12H21NO4S3. The number of methoxy groups -OCH3 is 1. The Labute approximate surface area is 129 Å². The molecule has 0 bridgehead atoms. The van der Waals surface area contributed by atoms with Gasteiger partial charge in [-0.05, 0) is 25.0 Å². The van der Waals surface area contributed by atoms with Gasteiger partial charge in [-0.1, -0.05) is 6.92 Å². The molecule has 0 radical (unpaired) electrons. The molecule has 0 saturated carbocycles. The van der Waals surface area contributed by atoms with Crippen LogP contribution in [0.5, 0.6) is 0 Å². The lowest BCUT2D eigenvalue weighted by atomic mass is 10.1. The largest absolute Gasteiger partial charge is 0.382 e. The Bertz CT molecular complexity index is 513. The summed E-state index contributed by atoms with van der Waals surface area (Å²) < 4.78 is 28.1. The van der Waals surface area contributed by atoms with Crippen LogP contribution in [0.15, 0.2) is 10.3 Å². The highest BCUT2D eigenvalue weighted by molar-refractivity contribution is 8.32. The van der Waals surface area contributed by atoms with Gasteiger partial charge in [0, 0.05) is 23.2 Å². The van der Waals surface area contributed by atoms with Crippen LogP contribution >= 0.6 is 11.3 Å². The molecule has 1 heterocycles. The summed E-state index contributed by atoms with van der Waals surface area (Å²) in [6, 6.07) is 1.79. The van der Waals surface area contributed by atoms with Crippen molar-refractivity contribution >= 4 is 31.2 Å². The van der Waals surface area contributed by atoms with E-state index in [0.29, 0.717) is 17.4 Å². The molecule has 2 unspecified atom stereocenters. The Morgan fingerprint density at radius 3 is 2.70 bits per heavy atom. The highest BCUT2D eigenvalue weighted by Gasteiger charge is 2.18. The summed E-state index contributed by atoms with van der Waals surface area (Å²) in [5.41, 5.74) is 0.978. The third kappa shape index (κ3) is 5.36.